The molecule has 0 radical (unpaired) electrons. The highest BCUT2D eigenvalue weighted by atomic mass is 16.1. The molecule has 2 aromatic carbocycles. The smallest absolute Gasteiger partial charge is 0.224 e. The molecule has 0 unspecified atom stereocenters. The van der Waals surface area contributed by atoms with Gasteiger partial charge in [0.2, 0.25) is 5.91 Å². The molecule has 4 heteroatoms. The highest BCUT2D eigenvalue weighted by molar-refractivity contribution is 5.90. The van der Waals surface area contributed by atoms with Crippen LogP contribution in [-0.2, 0) is 11.2 Å². The van der Waals surface area contributed by atoms with Crippen LogP contribution < -0.4 is 5.32 Å². The van der Waals surface area contributed by atoms with Gasteiger partial charge in [-0.3, -0.25) is 4.79 Å². The molecule has 1 N–H and O–H groups in total. The van der Waals surface area contributed by atoms with Crippen molar-refractivity contribution in [1.29, 1.82) is 0 Å². The number of rotatable bonds is 5. The van der Waals surface area contributed by atoms with E-state index in [4.69, 9.17) is 0 Å². The van der Waals surface area contributed by atoms with E-state index in [2.05, 4.69) is 15.3 Å². The second kappa shape index (κ2) is 7.31. The van der Waals surface area contributed by atoms with Gasteiger partial charge in [-0.05, 0) is 12.0 Å². The van der Waals surface area contributed by atoms with Crippen molar-refractivity contribution in [3.05, 3.63) is 78.6 Å². The molecule has 0 spiro atoms. The molecular weight excluding hydrogens is 286 g/mol. The van der Waals surface area contributed by atoms with Crippen LogP contribution in [0.1, 0.15) is 12.0 Å². The zero-order chi connectivity index (χ0) is 15.9. The fourth-order valence-corrected chi connectivity index (χ4v) is 2.25. The van der Waals surface area contributed by atoms with E-state index in [0.717, 1.165) is 17.5 Å². The van der Waals surface area contributed by atoms with Crippen LogP contribution in [0, 0.1) is 0 Å². The number of benzene rings is 2. The van der Waals surface area contributed by atoms with E-state index >= 15 is 0 Å². The number of nitrogens with one attached hydrogen (secondary N) is 1. The van der Waals surface area contributed by atoms with E-state index in [1.165, 1.54) is 0 Å². The second-order valence-electron chi connectivity index (χ2n) is 5.20. The maximum Gasteiger partial charge on any atom is 0.224 e. The Morgan fingerprint density at radius 3 is 2.13 bits per heavy atom. The summed E-state index contributed by atoms with van der Waals surface area (Å²) in [6, 6.07) is 19.7. The van der Waals surface area contributed by atoms with Crippen LogP contribution in [-0.4, -0.2) is 15.9 Å². The Bertz CT molecular complexity index is 756. The Morgan fingerprint density at radius 1 is 0.870 bits per heavy atom. The summed E-state index contributed by atoms with van der Waals surface area (Å²) in [5.41, 5.74) is 2.72. The monoisotopic (exact) mass is 303 g/mol. The molecule has 0 aliphatic carbocycles. The molecule has 0 fully saturated rings. The Labute approximate surface area is 135 Å². The van der Waals surface area contributed by atoms with Crippen LogP contribution in [0.25, 0.3) is 11.4 Å². The Morgan fingerprint density at radius 2 is 1.48 bits per heavy atom. The molecule has 4 nitrogen and oxygen atoms in total. The molecule has 1 aromatic heterocycles. The van der Waals surface area contributed by atoms with Crippen molar-refractivity contribution in [2.45, 2.75) is 12.8 Å². The van der Waals surface area contributed by atoms with Gasteiger partial charge in [0.25, 0.3) is 0 Å². The Hall–Kier alpha value is -3.01. The quantitative estimate of drug-likeness (QED) is 0.781. The normalized spacial score (nSPS) is 10.3. The molecule has 0 saturated heterocycles. The van der Waals surface area contributed by atoms with Crippen LogP contribution in [0.5, 0.6) is 0 Å². The standard InChI is InChI=1S/C19H17N3O/c23-18(12-11-15-7-3-1-4-8-15)22-17-13-20-19(21-14-17)16-9-5-2-6-10-16/h1-10,13-14H,11-12H2,(H,22,23). The molecule has 114 valence electrons. The van der Waals surface area contributed by atoms with Crippen LogP contribution in [0.4, 0.5) is 5.69 Å². The number of hydrogen-bond donors (Lipinski definition) is 1. The average Bonchev–Trinajstić information content (AvgIpc) is 2.62. The van der Waals surface area contributed by atoms with E-state index in [-0.39, 0.29) is 5.91 Å². The third-order valence-electron chi connectivity index (χ3n) is 3.45. The van der Waals surface area contributed by atoms with Crippen molar-refractivity contribution in [2.24, 2.45) is 0 Å². The molecule has 0 bridgehead atoms. The maximum absolute atomic E-state index is 12.0. The predicted molar refractivity (Wildman–Crippen MR) is 90.9 cm³/mol. The highest BCUT2D eigenvalue weighted by Gasteiger charge is 2.05. The minimum absolute atomic E-state index is 0.0371. The second-order valence-corrected chi connectivity index (χ2v) is 5.20. The van der Waals surface area contributed by atoms with E-state index in [9.17, 15) is 4.79 Å². The molecular formula is C19H17N3O. The predicted octanol–water partition coefficient (Wildman–Crippen LogP) is 3.71. The lowest BCUT2D eigenvalue weighted by atomic mass is 10.1. The van der Waals surface area contributed by atoms with Crippen molar-refractivity contribution in [3.63, 3.8) is 0 Å². The number of nitrogens with zero attached hydrogens (tertiary/aromatic N) is 2. The SMILES string of the molecule is O=C(CCc1ccccc1)Nc1cnc(-c2ccccc2)nc1. The third kappa shape index (κ3) is 4.23. The van der Waals surface area contributed by atoms with E-state index in [0.29, 0.717) is 17.9 Å². The number of carbonyl (C=O) groups excluding carboxylic acids is 1. The Balaban J connectivity index is 1.57. The van der Waals surface area contributed by atoms with Gasteiger partial charge in [-0.1, -0.05) is 60.7 Å². The fraction of sp³-hybridized carbons (Fsp3) is 0.105. The minimum Gasteiger partial charge on any atom is -0.323 e. The molecule has 3 rings (SSSR count). The highest BCUT2D eigenvalue weighted by Crippen LogP contribution is 2.15. The molecule has 1 amide bonds. The maximum atomic E-state index is 12.0. The van der Waals surface area contributed by atoms with E-state index in [1.807, 2.05) is 60.7 Å². The van der Waals surface area contributed by atoms with Crippen molar-refractivity contribution in [1.82, 2.24) is 9.97 Å². The molecule has 23 heavy (non-hydrogen) atoms. The summed E-state index contributed by atoms with van der Waals surface area (Å²) in [5.74, 6) is 0.609. The number of aromatic nitrogens is 2. The van der Waals surface area contributed by atoms with E-state index in [1.54, 1.807) is 12.4 Å². The van der Waals surface area contributed by atoms with Gasteiger partial charge in [0.15, 0.2) is 5.82 Å². The lowest BCUT2D eigenvalue weighted by molar-refractivity contribution is -0.116. The molecule has 0 saturated carbocycles. The number of amides is 1. The first kappa shape index (κ1) is 14.9. The summed E-state index contributed by atoms with van der Waals surface area (Å²) < 4.78 is 0. The first-order chi connectivity index (χ1) is 11.3. The van der Waals surface area contributed by atoms with Gasteiger partial charge >= 0.3 is 0 Å². The fourth-order valence-electron chi connectivity index (χ4n) is 2.25. The third-order valence-corrected chi connectivity index (χ3v) is 3.45. The van der Waals surface area contributed by atoms with Crippen molar-refractivity contribution in [2.75, 3.05) is 5.32 Å². The first-order valence-electron chi connectivity index (χ1n) is 7.52. The summed E-state index contributed by atoms with van der Waals surface area (Å²) in [6.07, 6.45) is 4.42. The summed E-state index contributed by atoms with van der Waals surface area (Å²) >= 11 is 0. The topological polar surface area (TPSA) is 54.9 Å². The van der Waals surface area contributed by atoms with Crippen LogP contribution in [0.15, 0.2) is 73.1 Å². The first-order valence-corrected chi connectivity index (χ1v) is 7.52. The van der Waals surface area contributed by atoms with Gasteiger partial charge in [0, 0.05) is 12.0 Å². The lowest BCUT2D eigenvalue weighted by Gasteiger charge is -2.06. The summed E-state index contributed by atoms with van der Waals surface area (Å²) in [4.78, 5) is 20.6. The van der Waals surface area contributed by atoms with E-state index < -0.39 is 0 Å². The summed E-state index contributed by atoms with van der Waals surface area (Å²) in [5, 5.41) is 2.83. The largest absolute Gasteiger partial charge is 0.323 e. The zero-order valence-corrected chi connectivity index (χ0v) is 12.6. The van der Waals surface area contributed by atoms with Crippen LogP contribution in [0.3, 0.4) is 0 Å². The van der Waals surface area contributed by atoms with Gasteiger partial charge in [0.1, 0.15) is 0 Å². The summed E-state index contributed by atoms with van der Waals surface area (Å²) in [6.45, 7) is 0. The molecule has 1 heterocycles. The average molecular weight is 303 g/mol. The lowest BCUT2D eigenvalue weighted by Crippen LogP contribution is -2.12. The zero-order valence-electron chi connectivity index (χ0n) is 12.6. The van der Waals surface area contributed by atoms with Gasteiger partial charge in [-0.15, -0.1) is 0 Å². The minimum atomic E-state index is -0.0371. The molecule has 0 aliphatic rings. The molecule has 0 aliphatic heterocycles. The van der Waals surface area contributed by atoms with Crippen molar-refractivity contribution >= 4 is 11.6 Å². The van der Waals surface area contributed by atoms with Crippen molar-refractivity contribution < 1.29 is 4.79 Å². The number of carbonyl (C=O) groups is 1. The Kier molecular flexibility index (Phi) is 4.74. The van der Waals surface area contributed by atoms with Gasteiger partial charge in [0.05, 0.1) is 18.1 Å². The van der Waals surface area contributed by atoms with Gasteiger partial charge in [-0.25, -0.2) is 9.97 Å². The van der Waals surface area contributed by atoms with Gasteiger partial charge in [-0.2, -0.15) is 0 Å². The number of hydrogen-bond acceptors (Lipinski definition) is 3. The summed E-state index contributed by atoms with van der Waals surface area (Å²) in [7, 11) is 0. The molecule has 0 atom stereocenters. The van der Waals surface area contributed by atoms with Gasteiger partial charge < -0.3 is 5.32 Å². The van der Waals surface area contributed by atoms with Crippen molar-refractivity contribution in [3.8, 4) is 11.4 Å². The van der Waals surface area contributed by atoms with Crippen LogP contribution in [0.2, 0.25) is 0 Å². The van der Waals surface area contributed by atoms with Crippen LogP contribution >= 0.6 is 0 Å². The molecule has 3 aromatic rings. The number of anilines is 1. The number of aryl methyl sites for hydroxylation is 1.